The fourth-order valence-corrected chi connectivity index (χ4v) is 6.40. The summed E-state index contributed by atoms with van der Waals surface area (Å²) in [4.78, 5) is 37.7. The Hall–Kier alpha value is -2.63. The molecule has 0 spiro atoms. The van der Waals surface area contributed by atoms with Gasteiger partial charge < -0.3 is 14.2 Å². The summed E-state index contributed by atoms with van der Waals surface area (Å²) in [5.74, 6) is -0.897. The topological polar surface area (TPSA) is 78.9 Å². The molecule has 1 atom stereocenters. The van der Waals surface area contributed by atoms with Crippen molar-refractivity contribution in [2.45, 2.75) is 232 Å². The van der Waals surface area contributed by atoms with Crippen molar-refractivity contribution < 1.29 is 28.6 Å². The minimum Gasteiger partial charge on any atom is -0.462 e. The molecule has 0 aliphatic carbocycles. The van der Waals surface area contributed by atoms with Gasteiger partial charge in [-0.15, -0.1) is 0 Å². The average Bonchev–Trinajstić information content (AvgIpc) is 3.18. The van der Waals surface area contributed by atoms with Crippen molar-refractivity contribution >= 4 is 17.9 Å². The van der Waals surface area contributed by atoms with E-state index in [9.17, 15) is 14.4 Å². The number of esters is 3. The molecule has 0 aliphatic heterocycles. The monoisotopic (exact) mass is 771 g/mol. The van der Waals surface area contributed by atoms with E-state index in [1.807, 2.05) is 0 Å². The Bertz CT molecular complexity index is 980. The molecule has 6 nitrogen and oxygen atoms in total. The van der Waals surface area contributed by atoms with Crippen LogP contribution in [-0.4, -0.2) is 37.2 Å². The van der Waals surface area contributed by atoms with Gasteiger partial charge in [0.25, 0.3) is 0 Å². The summed E-state index contributed by atoms with van der Waals surface area (Å²) in [5.41, 5.74) is 0. The second-order valence-corrected chi connectivity index (χ2v) is 15.3. The van der Waals surface area contributed by atoms with Gasteiger partial charge in [-0.25, -0.2) is 0 Å². The zero-order valence-electron chi connectivity index (χ0n) is 36.2. The van der Waals surface area contributed by atoms with Crippen molar-refractivity contribution in [2.24, 2.45) is 0 Å². The third-order valence-electron chi connectivity index (χ3n) is 9.83. The van der Waals surface area contributed by atoms with E-state index in [-0.39, 0.29) is 31.1 Å². The molecule has 0 heterocycles. The predicted octanol–water partition coefficient (Wildman–Crippen LogP) is 14.8. The van der Waals surface area contributed by atoms with E-state index in [1.165, 1.54) is 89.9 Å². The standard InChI is InChI=1S/C49H86O6/c1-4-7-10-13-16-19-21-23-25-27-30-33-36-39-42-48(51)54-45-46(44-53-47(50)41-38-35-32-29-18-15-12-9-6-3)55-49(52)43-40-37-34-31-28-26-24-22-20-17-14-11-8-5-2/h7-8,10-11,16-17,19-20,46H,4-6,9,12-15,18,21-45H2,1-3H3/b10-7-,11-8-,19-16-,20-17-. The lowest BCUT2D eigenvalue weighted by atomic mass is 10.1. The van der Waals surface area contributed by atoms with Crippen LogP contribution in [0.4, 0.5) is 0 Å². The Morgan fingerprint density at radius 3 is 1.09 bits per heavy atom. The number of carbonyl (C=O) groups is 3. The van der Waals surface area contributed by atoms with E-state index >= 15 is 0 Å². The lowest BCUT2D eigenvalue weighted by Gasteiger charge is -2.18. The van der Waals surface area contributed by atoms with Crippen LogP contribution in [-0.2, 0) is 28.6 Å². The van der Waals surface area contributed by atoms with Crippen LogP contribution >= 0.6 is 0 Å². The second kappa shape index (κ2) is 44.1. The van der Waals surface area contributed by atoms with Gasteiger partial charge in [0.1, 0.15) is 13.2 Å². The molecule has 1 unspecified atom stereocenters. The average molecular weight is 771 g/mol. The molecule has 318 valence electrons. The minimum absolute atomic E-state index is 0.0778. The largest absolute Gasteiger partial charge is 0.462 e. The number of unbranched alkanes of at least 4 members (excludes halogenated alkanes) is 22. The highest BCUT2D eigenvalue weighted by molar-refractivity contribution is 5.71. The molecule has 0 N–H and O–H groups in total. The van der Waals surface area contributed by atoms with Crippen molar-refractivity contribution in [2.75, 3.05) is 13.2 Å². The van der Waals surface area contributed by atoms with E-state index in [4.69, 9.17) is 14.2 Å². The van der Waals surface area contributed by atoms with Crippen LogP contribution < -0.4 is 0 Å². The highest BCUT2D eigenvalue weighted by atomic mass is 16.6. The van der Waals surface area contributed by atoms with Gasteiger partial charge in [-0.3, -0.25) is 14.4 Å². The van der Waals surface area contributed by atoms with Gasteiger partial charge in [-0.1, -0.05) is 185 Å². The van der Waals surface area contributed by atoms with Crippen molar-refractivity contribution in [3.8, 4) is 0 Å². The van der Waals surface area contributed by atoms with E-state index in [2.05, 4.69) is 69.4 Å². The maximum atomic E-state index is 12.7. The van der Waals surface area contributed by atoms with Crippen LogP contribution in [0.5, 0.6) is 0 Å². The van der Waals surface area contributed by atoms with Crippen LogP contribution in [0.2, 0.25) is 0 Å². The first-order chi connectivity index (χ1) is 27.0. The number of allylic oxidation sites excluding steroid dienone is 8. The SMILES string of the molecule is CC/C=C\C/C=C\CCCCCCCCCC(=O)OCC(COC(=O)CCCCCCCCCCC)OC(=O)CCCCCCCCC/C=C\C/C=C\CC. The molecule has 0 aromatic carbocycles. The van der Waals surface area contributed by atoms with Crippen molar-refractivity contribution in [1.29, 1.82) is 0 Å². The first kappa shape index (κ1) is 52.4. The molecular formula is C49H86O6. The fourth-order valence-electron chi connectivity index (χ4n) is 6.40. The Morgan fingerprint density at radius 2 is 0.709 bits per heavy atom. The summed E-state index contributed by atoms with van der Waals surface area (Å²) in [6, 6.07) is 0. The van der Waals surface area contributed by atoms with Gasteiger partial charge in [0.05, 0.1) is 0 Å². The molecule has 0 saturated heterocycles. The summed E-state index contributed by atoms with van der Waals surface area (Å²) < 4.78 is 16.7. The van der Waals surface area contributed by atoms with E-state index in [0.717, 1.165) is 96.3 Å². The third kappa shape index (κ3) is 42.4. The highest BCUT2D eigenvalue weighted by Crippen LogP contribution is 2.14. The van der Waals surface area contributed by atoms with E-state index in [1.54, 1.807) is 0 Å². The molecule has 0 amide bonds. The Labute approximate surface area is 339 Å². The van der Waals surface area contributed by atoms with Gasteiger partial charge in [-0.05, 0) is 70.6 Å². The number of ether oxygens (including phenoxy) is 3. The van der Waals surface area contributed by atoms with Crippen LogP contribution in [0, 0.1) is 0 Å². The molecule has 0 aliphatic rings. The number of hydrogen-bond donors (Lipinski definition) is 0. The molecule has 0 saturated carbocycles. The summed E-state index contributed by atoms with van der Waals surface area (Å²) in [6.45, 7) is 6.39. The van der Waals surface area contributed by atoms with Gasteiger partial charge in [0.2, 0.25) is 0 Å². The van der Waals surface area contributed by atoms with Crippen molar-refractivity contribution in [1.82, 2.24) is 0 Å². The lowest BCUT2D eigenvalue weighted by Crippen LogP contribution is -2.30. The van der Waals surface area contributed by atoms with Crippen molar-refractivity contribution in [3.05, 3.63) is 48.6 Å². The smallest absolute Gasteiger partial charge is 0.306 e. The Balaban J connectivity index is 4.36. The maximum Gasteiger partial charge on any atom is 0.306 e. The molecule has 0 aromatic rings. The summed E-state index contributed by atoms with van der Waals surface area (Å²) >= 11 is 0. The summed E-state index contributed by atoms with van der Waals surface area (Å²) in [7, 11) is 0. The van der Waals surface area contributed by atoms with Gasteiger partial charge in [-0.2, -0.15) is 0 Å². The predicted molar refractivity (Wildman–Crippen MR) is 233 cm³/mol. The number of carbonyl (C=O) groups excluding carboxylic acids is 3. The van der Waals surface area contributed by atoms with Gasteiger partial charge in [0, 0.05) is 19.3 Å². The fraction of sp³-hybridized carbons (Fsp3) is 0.776. The maximum absolute atomic E-state index is 12.7. The Morgan fingerprint density at radius 1 is 0.382 bits per heavy atom. The van der Waals surface area contributed by atoms with Crippen LogP contribution in [0.25, 0.3) is 0 Å². The summed E-state index contributed by atoms with van der Waals surface area (Å²) in [6.07, 6.45) is 50.9. The molecule has 0 aromatic heterocycles. The quantitative estimate of drug-likeness (QED) is 0.0267. The van der Waals surface area contributed by atoms with Gasteiger partial charge >= 0.3 is 17.9 Å². The van der Waals surface area contributed by atoms with Gasteiger partial charge in [0.15, 0.2) is 6.10 Å². The summed E-state index contributed by atoms with van der Waals surface area (Å²) in [5, 5.41) is 0. The molecule has 55 heavy (non-hydrogen) atoms. The van der Waals surface area contributed by atoms with E-state index < -0.39 is 6.10 Å². The van der Waals surface area contributed by atoms with Crippen molar-refractivity contribution in [3.63, 3.8) is 0 Å². The van der Waals surface area contributed by atoms with Crippen LogP contribution in [0.3, 0.4) is 0 Å². The molecule has 0 rings (SSSR count). The number of rotatable bonds is 41. The zero-order chi connectivity index (χ0) is 40.1. The third-order valence-corrected chi connectivity index (χ3v) is 9.83. The molecule has 0 radical (unpaired) electrons. The van der Waals surface area contributed by atoms with Crippen LogP contribution in [0.1, 0.15) is 226 Å². The lowest BCUT2D eigenvalue weighted by molar-refractivity contribution is -0.167. The zero-order valence-corrected chi connectivity index (χ0v) is 36.2. The second-order valence-electron chi connectivity index (χ2n) is 15.3. The molecule has 0 bridgehead atoms. The molecular weight excluding hydrogens is 685 g/mol. The normalized spacial score (nSPS) is 12.4. The minimum atomic E-state index is -0.775. The molecule has 0 fully saturated rings. The van der Waals surface area contributed by atoms with Crippen LogP contribution in [0.15, 0.2) is 48.6 Å². The number of hydrogen-bond acceptors (Lipinski definition) is 6. The van der Waals surface area contributed by atoms with E-state index in [0.29, 0.717) is 19.3 Å². The Kier molecular flexibility index (Phi) is 42.0. The first-order valence-electron chi connectivity index (χ1n) is 23.1. The highest BCUT2D eigenvalue weighted by Gasteiger charge is 2.19. The first-order valence-corrected chi connectivity index (χ1v) is 23.1. The molecule has 6 heteroatoms.